The van der Waals surface area contributed by atoms with Gasteiger partial charge in [0.05, 0.1) is 11.6 Å². The fourth-order valence-corrected chi connectivity index (χ4v) is 2.31. The molecule has 104 valence electrons. The monoisotopic (exact) mass is 286 g/mol. The van der Waals surface area contributed by atoms with Crippen molar-refractivity contribution in [3.05, 3.63) is 71.9 Å². The molecule has 0 saturated carbocycles. The molecule has 0 aliphatic carbocycles. The van der Waals surface area contributed by atoms with Gasteiger partial charge in [-0.05, 0) is 24.3 Å². The Morgan fingerprint density at radius 3 is 1.95 bits per heavy atom. The molecule has 2 aromatic rings. The number of nitrogens with zero attached hydrogens (tertiary/aromatic N) is 2. The van der Waals surface area contributed by atoms with Crippen molar-refractivity contribution < 1.29 is 0 Å². The Morgan fingerprint density at radius 2 is 1.40 bits per heavy atom. The van der Waals surface area contributed by atoms with Crippen LogP contribution in [0, 0.1) is 0 Å². The van der Waals surface area contributed by atoms with Gasteiger partial charge in [0.1, 0.15) is 0 Å². The van der Waals surface area contributed by atoms with Crippen LogP contribution in [-0.2, 0) is 0 Å². The normalized spacial score (nSPS) is 11.2. The zero-order valence-electron chi connectivity index (χ0n) is 11.8. The van der Waals surface area contributed by atoms with Crippen molar-refractivity contribution in [2.75, 3.05) is 30.4 Å². The molecule has 2 aromatic carbocycles. The lowest BCUT2D eigenvalue weighted by Gasteiger charge is -2.20. The molecule has 0 fully saturated rings. The molecule has 0 radical (unpaired) electrons. The van der Waals surface area contributed by atoms with Crippen LogP contribution in [0.25, 0.3) is 0 Å². The van der Waals surface area contributed by atoms with E-state index in [2.05, 4.69) is 29.2 Å². The Morgan fingerprint density at radius 1 is 0.900 bits per heavy atom. The molecule has 0 aliphatic rings. The van der Waals surface area contributed by atoms with Gasteiger partial charge in [-0.3, -0.25) is 0 Å². The first-order valence-corrected chi connectivity index (χ1v) is 6.95. The summed E-state index contributed by atoms with van der Waals surface area (Å²) in [7, 11) is 4.04. The van der Waals surface area contributed by atoms with Gasteiger partial charge >= 0.3 is 0 Å². The zero-order valence-corrected chi connectivity index (χ0v) is 12.6. The number of rotatable bonds is 5. The van der Waals surface area contributed by atoms with Crippen LogP contribution < -0.4 is 9.80 Å². The second kappa shape index (κ2) is 7.01. The lowest BCUT2D eigenvalue weighted by Crippen LogP contribution is -2.20. The Hall–Kier alpha value is -1.93. The third-order valence-electron chi connectivity index (χ3n) is 3.08. The van der Waals surface area contributed by atoms with Gasteiger partial charge in [-0.15, -0.1) is 0 Å². The fourth-order valence-electron chi connectivity index (χ4n) is 1.99. The fraction of sp³-hybridized carbons (Fsp3) is 0.176. The lowest BCUT2D eigenvalue weighted by atomic mass is 10.3. The minimum atomic E-state index is 0.683. The summed E-state index contributed by atoms with van der Waals surface area (Å²) < 4.78 is 0. The van der Waals surface area contributed by atoms with Crippen LogP contribution in [0.15, 0.2) is 71.9 Å². The van der Waals surface area contributed by atoms with E-state index >= 15 is 0 Å². The summed E-state index contributed by atoms with van der Waals surface area (Å²) in [6, 6.07) is 20.4. The van der Waals surface area contributed by atoms with Crippen molar-refractivity contribution in [3.8, 4) is 0 Å². The van der Waals surface area contributed by atoms with Crippen molar-refractivity contribution in [2.24, 2.45) is 0 Å². The van der Waals surface area contributed by atoms with Crippen molar-refractivity contribution in [2.45, 2.75) is 0 Å². The largest absolute Gasteiger partial charge is 0.369 e. The molecule has 3 heteroatoms. The third-order valence-corrected chi connectivity index (χ3v) is 3.30. The number of benzene rings is 2. The average Bonchev–Trinajstić information content (AvgIpc) is 2.49. The van der Waals surface area contributed by atoms with Crippen LogP contribution in [0.3, 0.4) is 0 Å². The van der Waals surface area contributed by atoms with E-state index in [-0.39, 0.29) is 0 Å². The van der Waals surface area contributed by atoms with Gasteiger partial charge < -0.3 is 9.80 Å². The van der Waals surface area contributed by atoms with Crippen molar-refractivity contribution in [3.63, 3.8) is 0 Å². The number of anilines is 2. The molecule has 0 heterocycles. The van der Waals surface area contributed by atoms with Crippen LogP contribution in [0.4, 0.5) is 11.4 Å². The van der Waals surface area contributed by atoms with Crippen LogP contribution >= 0.6 is 11.6 Å². The zero-order chi connectivity index (χ0) is 14.4. The summed E-state index contributed by atoms with van der Waals surface area (Å²) in [6.07, 6.45) is 1.95. The van der Waals surface area contributed by atoms with Crippen LogP contribution in [-0.4, -0.2) is 20.6 Å². The van der Waals surface area contributed by atoms with Gasteiger partial charge in [-0.2, -0.15) is 0 Å². The second-order valence-corrected chi connectivity index (χ2v) is 5.20. The number of hydrogen-bond acceptors (Lipinski definition) is 2. The van der Waals surface area contributed by atoms with Crippen LogP contribution in [0.1, 0.15) is 0 Å². The van der Waals surface area contributed by atoms with E-state index in [9.17, 15) is 0 Å². The molecule has 2 nitrogen and oxygen atoms in total. The van der Waals surface area contributed by atoms with E-state index in [1.165, 1.54) is 0 Å². The summed E-state index contributed by atoms with van der Waals surface area (Å²) in [6.45, 7) is 0.683. The van der Waals surface area contributed by atoms with Gasteiger partial charge in [0, 0.05) is 31.7 Å². The molecule has 20 heavy (non-hydrogen) atoms. The molecule has 0 unspecified atom stereocenters. The molecular weight excluding hydrogens is 268 g/mol. The number of para-hydroxylation sites is 2. The van der Waals surface area contributed by atoms with Gasteiger partial charge in [-0.25, -0.2) is 0 Å². The van der Waals surface area contributed by atoms with Crippen LogP contribution in [0.2, 0.25) is 0 Å². The van der Waals surface area contributed by atoms with E-state index in [0.29, 0.717) is 6.54 Å². The Bertz CT molecular complexity index is 552. The average molecular weight is 287 g/mol. The molecule has 0 atom stereocenters. The maximum absolute atomic E-state index is 6.35. The molecular formula is C17H19ClN2. The maximum Gasteiger partial charge on any atom is 0.0548 e. The molecule has 0 amide bonds. The Balaban J connectivity index is 2.01. The topological polar surface area (TPSA) is 6.48 Å². The van der Waals surface area contributed by atoms with Crippen molar-refractivity contribution in [1.82, 2.24) is 0 Å². The SMILES string of the molecule is CN(/C=C(\Cl)CN(C)c1ccccc1)c1ccccc1. The first-order chi connectivity index (χ1) is 9.66. The molecule has 0 N–H and O–H groups in total. The van der Waals surface area contributed by atoms with Gasteiger partial charge in [0.25, 0.3) is 0 Å². The van der Waals surface area contributed by atoms with E-state index in [1.807, 2.05) is 61.6 Å². The minimum Gasteiger partial charge on any atom is -0.369 e. The smallest absolute Gasteiger partial charge is 0.0548 e. The predicted molar refractivity (Wildman–Crippen MR) is 88.5 cm³/mol. The summed E-state index contributed by atoms with van der Waals surface area (Å²) in [4.78, 5) is 4.15. The molecule has 2 rings (SSSR count). The molecule has 0 saturated heterocycles. The molecule has 0 spiro atoms. The summed E-state index contributed by atoms with van der Waals surface area (Å²) in [5, 5.41) is 0.794. The van der Waals surface area contributed by atoms with E-state index in [0.717, 1.165) is 16.4 Å². The molecule has 0 bridgehead atoms. The summed E-state index contributed by atoms with van der Waals surface area (Å²) in [5.74, 6) is 0. The molecule has 0 aliphatic heterocycles. The van der Waals surface area contributed by atoms with Crippen molar-refractivity contribution >= 4 is 23.0 Å². The minimum absolute atomic E-state index is 0.683. The number of halogens is 1. The highest BCUT2D eigenvalue weighted by molar-refractivity contribution is 6.30. The lowest BCUT2D eigenvalue weighted by molar-refractivity contribution is 1.01. The highest BCUT2D eigenvalue weighted by Gasteiger charge is 2.04. The van der Waals surface area contributed by atoms with Gasteiger partial charge in [-0.1, -0.05) is 48.0 Å². The number of likely N-dealkylation sites (N-methyl/N-ethyl adjacent to an activating group) is 1. The summed E-state index contributed by atoms with van der Waals surface area (Å²) in [5.41, 5.74) is 2.27. The number of hydrogen-bond donors (Lipinski definition) is 0. The van der Waals surface area contributed by atoms with E-state index in [4.69, 9.17) is 11.6 Å². The molecule has 0 aromatic heterocycles. The first kappa shape index (κ1) is 14.5. The first-order valence-electron chi connectivity index (χ1n) is 6.57. The highest BCUT2D eigenvalue weighted by Crippen LogP contribution is 2.17. The highest BCUT2D eigenvalue weighted by atomic mass is 35.5. The Labute approximate surface area is 125 Å². The van der Waals surface area contributed by atoms with Crippen molar-refractivity contribution in [1.29, 1.82) is 0 Å². The standard InChI is InChI=1S/C17H19ClN2/c1-19(16-9-5-3-6-10-16)13-15(18)14-20(2)17-11-7-4-8-12-17/h3-13H,14H2,1-2H3/b15-13-. The predicted octanol–water partition coefficient (Wildman–Crippen LogP) is 4.34. The van der Waals surface area contributed by atoms with E-state index in [1.54, 1.807) is 0 Å². The van der Waals surface area contributed by atoms with Gasteiger partial charge in [0.15, 0.2) is 0 Å². The third kappa shape index (κ3) is 4.04. The van der Waals surface area contributed by atoms with Gasteiger partial charge in [0.2, 0.25) is 0 Å². The maximum atomic E-state index is 6.35. The Kier molecular flexibility index (Phi) is 5.08. The van der Waals surface area contributed by atoms with E-state index < -0.39 is 0 Å². The second-order valence-electron chi connectivity index (χ2n) is 4.71. The van der Waals surface area contributed by atoms with Crippen LogP contribution in [0.5, 0.6) is 0 Å². The quantitative estimate of drug-likeness (QED) is 0.807. The summed E-state index contributed by atoms with van der Waals surface area (Å²) >= 11 is 6.35.